The second kappa shape index (κ2) is 8.77. The van der Waals surface area contributed by atoms with Gasteiger partial charge in [-0.2, -0.15) is 0 Å². The van der Waals surface area contributed by atoms with E-state index in [1.165, 1.54) is 7.11 Å². The normalized spacial score (nSPS) is 13.0. The van der Waals surface area contributed by atoms with Crippen LogP contribution in [-0.2, 0) is 16.1 Å². The van der Waals surface area contributed by atoms with Crippen LogP contribution in [-0.4, -0.2) is 41.2 Å². The molecule has 2 rings (SSSR count). The first-order valence-corrected chi connectivity index (χ1v) is 8.86. The van der Waals surface area contributed by atoms with Gasteiger partial charge in [0.15, 0.2) is 0 Å². The number of nitrogens with zero attached hydrogens (tertiary/aromatic N) is 1. The highest BCUT2D eigenvalue weighted by Gasteiger charge is 2.30. The monoisotopic (exact) mass is 378 g/mol. The smallest absolute Gasteiger partial charge is 0.305 e. The molecule has 26 heavy (non-hydrogen) atoms. The van der Waals surface area contributed by atoms with Gasteiger partial charge in [-0.1, -0.05) is 6.07 Å². The average Bonchev–Trinajstić information content (AvgIpc) is 2.98. The number of aromatic nitrogens is 1. The molecule has 2 aromatic rings. The maximum Gasteiger partial charge on any atom is 0.305 e. The van der Waals surface area contributed by atoms with Crippen molar-refractivity contribution in [2.75, 3.05) is 13.7 Å². The Labute approximate surface area is 156 Å². The number of aliphatic carboxylic acids is 1. The van der Waals surface area contributed by atoms with Crippen LogP contribution in [0.15, 0.2) is 29.6 Å². The van der Waals surface area contributed by atoms with E-state index in [-0.39, 0.29) is 18.9 Å². The molecule has 2 N–H and O–H groups in total. The number of nitrogens with one attached hydrogen (secondary N) is 1. The van der Waals surface area contributed by atoms with Crippen molar-refractivity contribution in [1.29, 1.82) is 0 Å². The van der Waals surface area contributed by atoms with E-state index in [2.05, 4.69) is 10.3 Å². The number of hydrogen-bond acceptors (Lipinski definition) is 6. The molecule has 140 valence electrons. The molecule has 0 bridgehead atoms. The van der Waals surface area contributed by atoms with Gasteiger partial charge in [0.2, 0.25) is 0 Å². The number of aryl methyl sites for hydroxylation is 1. The number of carboxylic acids is 1. The molecule has 1 aromatic carbocycles. The van der Waals surface area contributed by atoms with Crippen molar-refractivity contribution >= 4 is 23.2 Å². The largest absolute Gasteiger partial charge is 0.487 e. The van der Waals surface area contributed by atoms with E-state index in [1.807, 2.05) is 12.3 Å². The Hall–Kier alpha value is -2.45. The number of rotatable bonds is 9. The summed E-state index contributed by atoms with van der Waals surface area (Å²) >= 11 is 1.55. The van der Waals surface area contributed by atoms with Crippen LogP contribution in [0.4, 0.5) is 0 Å². The molecule has 1 amide bonds. The predicted molar refractivity (Wildman–Crippen MR) is 97.6 cm³/mol. The van der Waals surface area contributed by atoms with Gasteiger partial charge in [-0.3, -0.25) is 9.59 Å². The molecule has 7 nitrogen and oxygen atoms in total. The number of hydrogen-bond donors (Lipinski definition) is 2. The van der Waals surface area contributed by atoms with Crippen LogP contribution in [0.1, 0.15) is 34.4 Å². The topological polar surface area (TPSA) is 97.8 Å². The fraction of sp³-hybridized carbons (Fsp3) is 0.389. The molecule has 8 heteroatoms. The zero-order valence-electron chi connectivity index (χ0n) is 14.9. The summed E-state index contributed by atoms with van der Waals surface area (Å²) in [5, 5.41) is 14.7. The van der Waals surface area contributed by atoms with Gasteiger partial charge >= 0.3 is 5.97 Å². The van der Waals surface area contributed by atoms with E-state index in [0.717, 1.165) is 10.7 Å². The quantitative estimate of drug-likeness (QED) is 0.696. The van der Waals surface area contributed by atoms with Crippen molar-refractivity contribution in [3.8, 4) is 5.75 Å². The van der Waals surface area contributed by atoms with Gasteiger partial charge in [0.05, 0.1) is 29.3 Å². The van der Waals surface area contributed by atoms with Gasteiger partial charge in [-0.15, -0.1) is 11.3 Å². The van der Waals surface area contributed by atoms with Crippen LogP contribution in [0, 0.1) is 6.92 Å². The molecule has 0 aliphatic carbocycles. The summed E-state index contributed by atoms with van der Waals surface area (Å²) < 4.78 is 10.7. The van der Waals surface area contributed by atoms with Crippen LogP contribution in [0.2, 0.25) is 0 Å². The highest BCUT2D eigenvalue weighted by Crippen LogP contribution is 2.18. The van der Waals surface area contributed by atoms with Crippen LogP contribution < -0.4 is 10.1 Å². The molecule has 0 aliphatic heterocycles. The number of carboxylic acid groups (broad SMARTS) is 1. The first kappa shape index (κ1) is 19.9. The zero-order valence-corrected chi connectivity index (χ0v) is 15.8. The number of benzene rings is 1. The first-order chi connectivity index (χ1) is 12.3. The standard InChI is InChI=1S/C18H22N2O5S/c1-12-19-14(10-26-12)9-25-15-6-4-5-13(7-15)17(23)20-18(2,11-24-3)8-16(21)22/h4-7,10H,8-9,11H2,1-3H3,(H,20,23)(H,21,22). The Morgan fingerprint density at radius 3 is 2.77 bits per heavy atom. The van der Waals surface area contributed by atoms with Gasteiger partial charge < -0.3 is 19.9 Å². The third kappa shape index (κ3) is 5.82. The zero-order chi connectivity index (χ0) is 19.2. The molecule has 1 aromatic heterocycles. The Kier molecular flexibility index (Phi) is 6.70. The van der Waals surface area contributed by atoms with Crippen molar-refractivity contribution in [3.05, 3.63) is 45.9 Å². The van der Waals surface area contributed by atoms with Crippen LogP contribution >= 0.6 is 11.3 Å². The minimum absolute atomic E-state index is 0.0877. The summed E-state index contributed by atoms with van der Waals surface area (Å²) in [4.78, 5) is 27.9. The molecule has 0 saturated carbocycles. The second-order valence-corrected chi connectivity index (χ2v) is 7.25. The van der Waals surface area contributed by atoms with Gasteiger partial charge in [0, 0.05) is 18.1 Å². The molecule has 0 aliphatic rings. The Morgan fingerprint density at radius 1 is 1.38 bits per heavy atom. The van der Waals surface area contributed by atoms with E-state index < -0.39 is 11.5 Å². The maximum absolute atomic E-state index is 12.5. The van der Waals surface area contributed by atoms with Crippen LogP contribution in [0.25, 0.3) is 0 Å². The van der Waals surface area contributed by atoms with Crippen LogP contribution in [0.5, 0.6) is 5.75 Å². The summed E-state index contributed by atoms with van der Waals surface area (Å²) in [5.41, 5.74) is 0.202. The summed E-state index contributed by atoms with van der Waals surface area (Å²) in [7, 11) is 1.46. The van der Waals surface area contributed by atoms with E-state index in [9.17, 15) is 9.59 Å². The molecule has 0 spiro atoms. The van der Waals surface area contributed by atoms with Crippen molar-refractivity contribution in [3.63, 3.8) is 0 Å². The number of carbonyl (C=O) groups excluding carboxylic acids is 1. The number of carbonyl (C=O) groups is 2. The third-order valence-corrected chi connectivity index (χ3v) is 4.39. The molecule has 1 unspecified atom stereocenters. The maximum atomic E-state index is 12.5. The fourth-order valence-electron chi connectivity index (χ4n) is 2.49. The lowest BCUT2D eigenvalue weighted by Crippen LogP contribution is -2.50. The van der Waals surface area contributed by atoms with Gasteiger partial charge in [0.25, 0.3) is 5.91 Å². The number of amides is 1. The number of ether oxygens (including phenoxy) is 2. The lowest BCUT2D eigenvalue weighted by molar-refractivity contribution is -0.139. The lowest BCUT2D eigenvalue weighted by Gasteiger charge is -2.28. The SMILES string of the molecule is COCC(C)(CC(=O)O)NC(=O)c1cccc(OCc2csc(C)n2)c1. The molecule has 0 fully saturated rings. The summed E-state index contributed by atoms with van der Waals surface area (Å²) in [6, 6.07) is 6.72. The molecule has 1 atom stereocenters. The van der Waals surface area contributed by atoms with Gasteiger partial charge in [0.1, 0.15) is 12.4 Å². The van der Waals surface area contributed by atoms with E-state index in [0.29, 0.717) is 17.9 Å². The number of thiazole rings is 1. The Balaban J connectivity index is 2.05. The van der Waals surface area contributed by atoms with Crippen molar-refractivity contribution in [1.82, 2.24) is 10.3 Å². The van der Waals surface area contributed by atoms with Crippen LogP contribution in [0.3, 0.4) is 0 Å². The fourth-order valence-corrected chi connectivity index (χ4v) is 3.09. The van der Waals surface area contributed by atoms with E-state index >= 15 is 0 Å². The summed E-state index contributed by atoms with van der Waals surface area (Å²) in [5.74, 6) is -0.865. The van der Waals surface area contributed by atoms with E-state index in [1.54, 1.807) is 42.5 Å². The summed E-state index contributed by atoms with van der Waals surface area (Å²) in [6.07, 6.45) is -0.244. The minimum atomic E-state index is -1.01. The molecule has 0 saturated heterocycles. The first-order valence-electron chi connectivity index (χ1n) is 7.98. The average molecular weight is 378 g/mol. The highest BCUT2D eigenvalue weighted by atomic mass is 32.1. The number of methoxy groups -OCH3 is 1. The van der Waals surface area contributed by atoms with Gasteiger partial charge in [-0.05, 0) is 32.0 Å². The predicted octanol–water partition coefficient (Wildman–Crippen LogP) is 2.64. The second-order valence-electron chi connectivity index (χ2n) is 6.19. The Morgan fingerprint density at radius 2 is 2.15 bits per heavy atom. The summed E-state index contributed by atoms with van der Waals surface area (Å²) in [6.45, 7) is 3.96. The Bertz CT molecular complexity index is 776. The van der Waals surface area contributed by atoms with E-state index in [4.69, 9.17) is 14.6 Å². The van der Waals surface area contributed by atoms with Crippen molar-refractivity contribution < 1.29 is 24.2 Å². The third-order valence-electron chi connectivity index (χ3n) is 3.57. The molecular weight excluding hydrogens is 356 g/mol. The van der Waals surface area contributed by atoms with Crippen molar-refractivity contribution in [2.45, 2.75) is 32.4 Å². The lowest BCUT2D eigenvalue weighted by atomic mass is 9.98. The van der Waals surface area contributed by atoms with Gasteiger partial charge in [-0.25, -0.2) is 4.98 Å². The molecular formula is C18H22N2O5S. The molecule has 1 heterocycles. The minimum Gasteiger partial charge on any atom is -0.487 e. The highest BCUT2D eigenvalue weighted by molar-refractivity contribution is 7.09. The van der Waals surface area contributed by atoms with Crippen molar-refractivity contribution in [2.24, 2.45) is 0 Å². The molecule has 0 radical (unpaired) electrons.